The van der Waals surface area contributed by atoms with Crippen LogP contribution in [-0.4, -0.2) is 43.2 Å². The zero-order chi connectivity index (χ0) is 14.8. The number of hydrogen-bond acceptors (Lipinski definition) is 3. The van der Waals surface area contributed by atoms with Crippen molar-refractivity contribution in [2.75, 3.05) is 31.1 Å². The predicted octanol–water partition coefficient (Wildman–Crippen LogP) is 3.23. The van der Waals surface area contributed by atoms with E-state index in [-0.39, 0.29) is 0 Å². The maximum atomic E-state index is 3.74. The lowest BCUT2D eigenvalue weighted by atomic mass is 10.1. The van der Waals surface area contributed by atoms with Gasteiger partial charge in [0.15, 0.2) is 0 Å². The van der Waals surface area contributed by atoms with Gasteiger partial charge in [-0.1, -0.05) is 28.9 Å². The van der Waals surface area contributed by atoms with Crippen LogP contribution in [0.25, 0.3) is 0 Å². The summed E-state index contributed by atoms with van der Waals surface area (Å²) in [5, 5.41) is 3.39. The SMILES string of the molecule is CCNCc1ccc(N2CC3CCCN3CC2C)cc1Br. The molecule has 3 rings (SSSR count). The Kier molecular flexibility index (Phi) is 4.87. The molecule has 21 heavy (non-hydrogen) atoms. The maximum Gasteiger partial charge on any atom is 0.0389 e. The molecule has 2 atom stereocenters. The molecule has 1 N–H and O–H groups in total. The molecular formula is C17H26BrN3. The minimum atomic E-state index is 0.603. The first-order valence-electron chi connectivity index (χ1n) is 8.19. The molecule has 0 spiro atoms. The standard InChI is InChI=1S/C17H26BrN3/c1-3-19-10-14-6-7-15(9-17(14)18)21-12-16-5-4-8-20(16)11-13(21)2/h6-7,9,13,16,19H,3-5,8,10-12H2,1-2H3. The lowest BCUT2D eigenvalue weighted by Gasteiger charge is -2.43. The van der Waals surface area contributed by atoms with Gasteiger partial charge in [0.05, 0.1) is 0 Å². The van der Waals surface area contributed by atoms with Gasteiger partial charge in [0.2, 0.25) is 0 Å². The summed E-state index contributed by atoms with van der Waals surface area (Å²) >= 11 is 3.74. The van der Waals surface area contributed by atoms with Gasteiger partial charge in [-0.2, -0.15) is 0 Å². The largest absolute Gasteiger partial charge is 0.366 e. The molecule has 0 bridgehead atoms. The van der Waals surface area contributed by atoms with Crippen LogP contribution in [0.5, 0.6) is 0 Å². The summed E-state index contributed by atoms with van der Waals surface area (Å²) in [5.41, 5.74) is 2.70. The fraction of sp³-hybridized carbons (Fsp3) is 0.647. The van der Waals surface area contributed by atoms with E-state index in [4.69, 9.17) is 0 Å². The average molecular weight is 352 g/mol. The van der Waals surface area contributed by atoms with Crippen molar-refractivity contribution in [2.24, 2.45) is 0 Å². The Balaban J connectivity index is 1.75. The molecule has 0 aliphatic carbocycles. The van der Waals surface area contributed by atoms with E-state index in [9.17, 15) is 0 Å². The Morgan fingerprint density at radius 3 is 2.95 bits per heavy atom. The van der Waals surface area contributed by atoms with Gasteiger partial charge in [0.1, 0.15) is 0 Å². The van der Waals surface area contributed by atoms with E-state index in [0.29, 0.717) is 6.04 Å². The summed E-state index contributed by atoms with van der Waals surface area (Å²) in [5.74, 6) is 0. The van der Waals surface area contributed by atoms with Crippen molar-refractivity contribution in [3.8, 4) is 0 Å². The van der Waals surface area contributed by atoms with Gasteiger partial charge in [0.25, 0.3) is 0 Å². The summed E-state index contributed by atoms with van der Waals surface area (Å²) in [6, 6.07) is 8.22. The van der Waals surface area contributed by atoms with E-state index >= 15 is 0 Å². The van der Waals surface area contributed by atoms with Crippen LogP contribution in [0.4, 0.5) is 5.69 Å². The number of anilines is 1. The quantitative estimate of drug-likeness (QED) is 0.898. The third-order valence-corrected chi connectivity index (χ3v) is 5.61. The normalized spacial score (nSPS) is 26.1. The van der Waals surface area contributed by atoms with E-state index in [2.05, 4.69) is 63.1 Å². The smallest absolute Gasteiger partial charge is 0.0389 e. The molecular weight excluding hydrogens is 326 g/mol. The molecule has 2 aliphatic heterocycles. The molecule has 1 aromatic carbocycles. The number of benzene rings is 1. The van der Waals surface area contributed by atoms with Crippen LogP contribution in [0.3, 0.4) is 0 Å². The number of piperazine rings is 1. The van der Waals surface area contributed by atoms with Crippen molar-refractivity contribution >= 4 is 21.6 Å². The summed E-state index contributed by atoms with van der Waals surface area (Å²) in [4.78, 5) is 5.27. The van der Waals surface area contributed by atoms with Crippen LogP contribution >= 0.6 is 15.9 Å². The van der Waals surface area contributed by atoms with Gasteiger partial charge >= 0.3 is 0 Å². The third kappa shape index (κ3) is 3.27. The second-order valence-electron chi connectivity index (χ2n) is 6.35. The van der Waals surface area contributed by atoms with Crippen molar-refractivity contribution in [3.05, 3.63) is 28.2 Å². The van der Waals surface area contributed by atoms with Gasteiger partial charge in [-0.25, -0.2) is 0 Å². The molecule has 2 unspecified atom stereocenters. The van der Waals surface area contributed by atoms with Gasteiger partial charge in [0, 0.05) is 41.9 Å². The molecule has 0 saturated carbocycles. The van der Waals surface area contributed by atoms with Crippen molar-refractivity contribution in [1.29, 1.82) is 0 Å². The van der Waals surface area contributed by atoms with Crippen LogP contribution in [0.2, 0.25) is 0 Å². The molecule has 2 heterocycles. The number of nitrogens with one attached hydrogen (secondary N) is 1. The lowest BCUT2D eigenvalue weighted by molar-refractivity contribution is 0.203. The number of hydrogen-bond donors (Lipinski definition) is 1. The second kappa shape index (κ2) is 6.67. The van der Waals surface area contributed by atoms with Crippen LogP contribution in [-0.2, 0) is 6.54 Å². The van der Waals surface area contributed by atoms with Gasteiger partial charge in [-0.05, 0) is 50.6 Å². The highest BCUT2D eigenvalue weighted by Crippen LogP contribution is 2.31. The zero-order valence-corrected chi connectivity index (χ0v) is 14.7. The van der Waals surface area contributed by atoms with Crippen LogP contribution in [0.1, 0.15) is 32.3 Å². The number of fused-ring (bicyclic) bond motifs is 1. The maximum absolute atomic E-state index is 3.74. The van der Waals surface area contributed by atoms with Gasteiger partial charge in [-0.15, -0.1) is 0 Å². The van der Waals surface area contributed by atoms with Crippen LogP contribution < -0.4 is 10.2 Å². The Morgan fingerprint density at radius 1 is 1.33 bits per heavy atom. The lowest BCUT2D eigenvalue weighted by Crippen LogP contribution is -2.55. The van der Waals surface area contributed by atoms with E-state index in [1.54, 1.807) is 0 Å². The topological polar surface area (TPSA) is 18.5 Å². The minimum Gasteiger partial charge on any atom is -0.366 e. The Morgan fingerprint density at radius 2 is 2.19 bits per heavy atom. The molecule has 3 nitrogen and oxygen atoms in total. The van der Waals surface area contributed by atoms with E-state index in [1.807, 2.05) is 0 Å². The monoisotopic (exact) mass is 351 g/mol. The van der Waals surface area contributed by atoms with E-state index in [1.165, 1.54) is 48.2 Å². The van der Waals surface area contributed by atoms with Gasteiger partial charge < -0.3 is 10.2 Å². The first kappa shape index (κ1) is 15.3. The zero-order valence-electron chi connectivity index (χ0n) is 13.1. The Hall–Kier alpha value is -0.580. The summed E-state index contributed by atoms with van der Waals surface area (Å²) in [7, 11) is 0. The third-order valence-electron chi connectivity index (χ3n) is 4.87. The number of rotatable bonds is 4. The highest BCUT2D eigenvalue weighted by molar-refractivity contribution is 9.10. The first-order valence-corrected chi connectivity index (χ1v) is 8.98. The molecule has 0 amide bonds. The molecule has 2 aliphatic rings. The second-order valence-corrected chi connectivity index (χ2v) is 7.20. The average Bonchev–Trinajstić information content (AvgIpc) is 2.92. The molecule has 0 aromatic heterocycles. The van der Waals surface area contributed by atoms with Crippen molar-refractivity contribution < 1.29 is 0 Å². The minimum absolute atomic E-state index is 0.603. The Labute approximate surface area is 136 Å². The fourth-order valence-electron chi connectivity index (χ4n) is 3.67. The highest BCUT2D eigenvalue weighted by Gasteiger charge is 2.34. The Bertz CT molecular complexity index is 491. The molecule has 4 heteroatoms. The molecule has 116 valence electrons. The van der Waals surface area contributed by atoms with Crippen LogP contribution in [0.15, 0.2) is 22.7 Å². The number of nitrogens with zero attached hydrogens (tertiary/aromatic N) is 2. The molecule has 2 saturated heterocycles. The highest BCUT2D eigenvalue weighted by atomic mass is 79.9. The van der Waals surface area contributed by atoms with E-state index in [0.717, 1.165) is 19.1 Å². The summed E-state index contributed by atoms with van der Waals surface area (Å²) in [6.07, 6.45) is 2.74. The summed E-state index contributed by atoms with van der Waals surface area (Å²) < 4.78 is 1.22. The predicted molar refractivity (Wildman–Crippen MR) is 92.9 cm³/mol. The number of halogens is 1. The van der Waals surface area contributed by atoms with Gasteiger partial charge in [-0.3, -0.25) is 4.90 Å². The van der Waals surface area contributed by atoms with Crippen molar-refractivity contribution in [2.45, 2.75) is 45.3 Å². The molecule has 2 fully saturated rings. The van der Waals surface area contributed by atoms with Crippen LogP contribution in [0, 0.1) is 0 Å². The molecule has 0 radical (unpaired) electrons. The first-order chi connectivity index (χ1) is 10.2. The summed E-state index contributed by atoms with van der Waals surface area (Å²) in [6.45, 7) is 10.1. The van der Waals surface area contributed by atoms with Crippen molar-refractivity contribution in [3.63, 3.8) is 0 Å². The molecule has 1 aromatic rings. The van der Waals surface area contributed by atoms with Crippen molar-refractivity contribution in [1.82, 2.24) is 10.2 Å². The fourth-order valence-corrected chi connectivity index (χ4v) is 4.17. The van der Waals surface area contributed by atoms with E-state index < -0.39 is 0 Å².